The third-order valence-corrected chi connectivity index (χ3v) is 2.97. The minimum absolute atomic E-state index is 0.1000. The molecule has 18 heavy (non-hydrogen) atoms. The molecule has 0 saturated carbocycles. The Kier molecular flexibility index (Phi) is 3.35. The number of aliphatic hydroxyl groups excluding tert-OH is 3. The monoisotopic (exact) mass is 257 g/mol. The second-order valence-electron chi connectivity index (χ2n) is 4.23. The molecule has 8 heteroatoms. The highest BCUT2D eigenvalue weighted by molar-refractivity contribution is 5.35. The summed E-state index contributed by atoms with van der Waals surface area (Å²) in [5, 5.41) is 28.4. The van der Waals surface area contributed by atoms with Crippen LogP contribution in [0.2, 0.25) is 0 Å². The van der Waals surface area contributed by atoms with E-state index < -0.39 is 36.8 Å². The third-order valence-electron chi connectivity index (χ3n) is 2.97. The van der Waals surface area contributed by atoms with Crippen LogP contribution in [0.5, 0.6) is 0 Å². The molecule has 4 atom stereocenters. The number of nitrogens with zero attached hydrogens (tertiary/aromatic N) is 2. The van der Waals surface area contributed by atoms with Crippen molar-refractivity contribution in [2.24, 2.45) is 0 Å². The lowest BCUT2D eigenvalue weighted by atomic mass is 10.1. The van der Waals surface area contributed by atoms with E-state index in [9.17, 15) is 15.0 Å². The highest BCUT2D eigenvalue weighted by Gasteiger charge is 2.43. The van der Waals surface area contributed by atoms with Crippen molar-refractivity contribution in [1.29, 1.82) is 0 Å². The lowest BCUT2D eigenvalue weighted by Gasteiger charge is -2.17. The first-order chi connectivity index (χ1) is 8.45. The van der Waals surface area contributed by atoms with E-state index in [0.29, 0.717) is 5.56 Å². The van der Waals surface area contributed by atoms with Gasteiger partial charge in [0.1, 0.15) is 24.1 Å². The molecule has 0 radical (unpaired) electrons. The fourth-order valence-electron chi connectivity index (χ4n) is 1.87. The van der Waals surface area contributed by atoms with Crippen LogP contribution in [0.3, 0.4) is 0 Å². The van der Waals surface area contributed by atoms with Gasteiger partial charge < -0.3 is 25.8 Å². The van der Waals surface area contributed by atoms with Crippen molar-refractivity contribution in [1.82, 2.24) is 9.55 Å². The Morgan fingerprint density at radius 1 is 1.50 bits per heavy atom. The zero-order valence-electron chi connectivity index (χ0n) is 9.72. The van der Waals surface area contributed by atoms with E-state index in [4.69, 9.17) is 15.6 Å². The molecular formula is C10H15N3O5. The molecule has 1 aliphatic heterocycles. The van der Waals surface area contributed by atoms with Crippen LogP contribution in [0.15, 0.2) is 11.0 Å². The molecule has 1 saturated heterocycles. The predicted octanol–water partition coefficient (Wildman–Crippen LogP) is -2.25. The van der Waals surface area contributed by atoms with Crippen molar-refractivity contribution in [3.63, 3.8) is 0 Å². The standard InChI is InChI=1S/C10H15N3O5/c1-4-2-13(10(17)12-8(4)11)9-7(16)6(15)5(3-14)18-9/h2,5-7,9,14-16H,3H2,1H3,(H2,11,12,17)/t5-,6+,7-,9?/m1/s1. The van der Waals surface area contributed by atoms with Crippen LogP contribution in [0, 0.1) is 6.92 Å². The minimum atomic E-state index is -1.32. The lowest BCUT2D eigenvalue weighted by Crippen LogP contribution is -2.36. The molecule has 1 aromatic heterocycles. The zero-order valence-corrected chi connectivity index (χ0v) is 9.72. The van der Waals surface area contributed by atoms with E-state index in [2.05, 4.69) is 4.98 Å². The minimum Gasteiger partial charge on any atom is -0.394 e. The zero-order chi connectivity index (χ0) is 13.4. The van der Waals surface area contributed by atoms with Gasteiger partial charge in [0.05, 0.1) is 6.61 Å². The first-order valence-corrected chi connectivity index (χ1v) is 5.43. The maximum absolute atomic E-state index is 11.7. The molecular weight excluding hydrogens is 242 g/mol. The largest absolute Gasteiger partial charge is 0.394 e. The van der Waals surface area contributed by atoms with Crippen molar-refractivity contribution in [3.8, 4) is 0 Å². The second-order valence-corrected chi connectivity index (χ2v) is 4.23. The number of aromatic nitrogens is 2. The highest BCUT2D eigenvalue weighted by Crippen LogP contribution is 2.28. The molecule has 0 spiro atoms. The number of nitrogens with two attached hydrogens (primary N) is 1. The summed E-state index contributed by atoms with van der Waals surface area (Å²) in [4.78, 5) is 15.2. The molecule has 1 aliphatic rings. The average molecular weight is 257 g/mol. The van der Waals surface area contributed by atoms with Crippen molar-refractivity contribution in [3.05, 3.63) is 22.2 Å². The summed E-state index contributed by atoms with van der Waals surface area (Å²) in [6, 6.07) is 0. The van der Waals surface area contributed by atoms with E-state index in [1.807, 2.05) is 0 Å². The van der Waals surface area contributed by atoms with Crippen molar-refractivity contribution in [2.75, 3.05) is 12.3 Å². The molecule has 0 amide bonds. The average Bonchev–Trinajstić information content (AvgIpc) is 2.61. The van der Waals surface area contributed by atoms with Gasteiger partial charge in [-0.1, -0.05) is 0 Å². The van der Waals surface area contributed by atoms with Gasteiger partial charge in [-0.05, 0) is 6.92 Å². The summed E-state index contributed by atoms with van der Waals surface area (Å²) < 4.78 is 6.28. The maximum atomic E-state index is 11.7. The predicted molar refractivity (Wildman–Crippen MR) is 60.7 cm³/mol. The summed E-state index contributed by atoms with van der Waals surface area (Å²) in [5.74, 6) is 0.1000. The molecule has 0 aliphatic carbocycles. The number of hydrogen-bond acceptors (Lipinski definition) is 7. The molecule has 8 nitrogen and oxygen atoms in total. The Morgan fingerprint density at radius 3 is 2.72 bits per heavy atom. The summed E-state index contributed by atoms with van der Waals surface area (Å²) in [5.41, 5.74) is 5.35. The molecule has 0 bridgehead atoms. The number of rotatable bonds is 2. The van der Waals surface area contributed by atoms with Crippen LogP contribution in [0.1, 0.15) is 11.8 Å². The van der Waals surface area contributed by atoms with E-state index in [1.54, 1.807) is 6.92 Å². The Hall–Kier alpha value is -1.48. The van der Waals surface area contributed by atoms with Gasteiger partial charge in [-0.3, -0.25) is 4.57 Å². The van der Waals surface area contributed by atoms with E-state index >= 15 is 0 Å². The van der Waals surface area contributed by atoms with Gasteiger partial charge in [0.2, 0.25) is 0 Å². The fraction of sp³-hybridized carbons (Fsp3) is 0.600. The van der Waals surface area contributed by atoms with Crippen molar-refractivity contribution < 1.29 is 20.1 Å². The Labute approximate surface area is 102 Å². The molecule has 5 N–H and O–H groups in total. The van der Waals surface area contributed by atoms with Gasteiger partial charge in [-0.15, -0.1) is 0 Å². The molecule has 0 aromatic carbocycles. The maximum Gasteiger partial charge on any atom is 0.351 e. The number of aliphatic hydroxyl groups is 3. The normalized spacial score (nSPS) is 31.8. The first-order valence-electron chi connectivity index (χ1n) is 5.43. The van der Waals surface area contributed by atoms with Crippen molar-refractivity contribution in [2.45, 2.75) is 31.5 Å². The summed E-state index contributed by atoms with van der Waals surface area (Å²) in [7, 11) is 0. The summed E-state index contributed by atoms with van der Waals surface area (Å²) >= 11 is 0. The van der Waals surface area contributed by atoms with Gasteiger partial charge >= 0.3 is 5.69 Å². The molecule has 2 rings (SSSR count). The molecule has 2 heterocycles. The van der Waals surface area contributed by atoms with Gasteiger partial charge in [0.25, 0.3) is 0 Å². The highest BCUT2D eigenvalue weighted by atomic mass is 16.6. The van der Waals surface area contributed by atoms with Crippen LogP contribution in [-0.4, -0.2) is 49.8 Å². The van der Waals surface area contributed by atoms with Crippen LogP contribution in [0.4, 0.5) is 5.82 Å². The van der Waals surface area contributed by atoms with E-state index in [1.165, 1.54) is 6.20 Å². The SMILES string of the molecule is Cc1cn(C2O[C@H](CO)[C@H](O)[C@H]2O)c(=O)nc1N. The lowest BCUT2D eigenvalue weighted by molar-refractivity contribution is -0.0550. The smallest absolute Gasteiger partial charge is 0.351 e. The second kappa shape index (κ2) is 4.65. The number of aryl methyl sites for hydroxylation is 1. The van der Waals surface area contributed by atoms with Crippen LogP contribution < -0.4 is 11.4 Å². The van der Waals surface area contributed by atoms with E-state index in [-0.39, 0.29) is 5.82 Å². The van der Waals surface area contributed by atoms with Gasteiger partial charge in [0.15, 0.2) is 6.23 Å². The van der Waals surface area contributed by atoms with E-state index in [0.717, 1.165) is 4.57 Å². The number of anilines is 1. The number of ether oxygens (including phenoxy) is 1. The Bertz CT molecular complexity index is 503. The van der Waals surface area contributed by atoms with Crippen LogP contribution in [-0.2, 0) is 4.74 Å². The summed E-state index contributed by atoms with van der Waals surface area (Å²) in [6.45, 7) is 1.20. The number of nitrogen functional groups attached to an aromatic ring is 1. The molecule has 1 unspecified atom stereocenters. The van der Waals surface area contributed by atoms with Gasteiger partial charge in [-0.2, -0.15) is 4.98 Å². The van der Waals surface area contributed by atoms with Crippen LogP contribution >= 0.6 is 0 Å². The quantitative estimate of drug-likeness (QED) is 0.470. The number of hydrogen-bond donors (Lipinski definition) is 4. The van der Waals surface area contributed by atoms with Crippen LogP contribution in [0.25, 0.3) is 0 Å². The first kappa shape index (κ1) is 13.0. The molecule has 100 valence electrons. The third kappa shape index (κ3) is 1.99. The Balaban J connectivity index is 2.39. The van der Waals surface area contributed by atoms with Gasteiger partial charge in [0, 0.05) is 11.8 Å². The Morgan fingerprint density at radius 2 is 2.17 bits per heavy atom. The summed E-state index contributed by atoms with van der Waals surface area (Å²) in [6.07, 6.45) is -3.20. The fourth-order valence-corrected chi connectivity index (χ4v) is 1.87. The van der Waals surface area contributed by atoms with Crippen molar-refractivity contribution >= 4 is 5.82 Å². The molecule has 1 fully saturated rings. The topological polar surface area (TPSA) is 131 Å². The van der Waals surface area contributed by atoms with Gasteiger partial charge in [-0.25, -0.2) is 4.79 Å². The molecule has 1 aromatic rings.